The second-order valence-electron chi connectivity index (χ2n) is 6.03. The summed E-state index contributed by atoms with van der Waals surface area (Å²) in [6.07, 6.45) is 5.42. The Balaban J connectivity index is 1.57. The molecule has 2 aliphatic rings. The molecule has 108 valence electrons. The van der Waals surface area contributed by atoms with E-state index in [1.807, 2.05) is 35.4 Å². The molecule has 2 fully saturated rings. The molecular weight excluding hydrogens is 264 g/mol. The van der Waals surface area contributed by atoms with Crippen LogP contribution in [0.1, 0.15) is 29.8 Å². The lowest BCUT2D eigenvalue weighted by Gasteiger charge is -2.26. The van der Waals surface area contributed by atoms with Gasteiger partial charge in [0.2, 0.25) is 0 Å². The zero-order valence-electron chi connectivity index (χ0n) is 11.8. The van der Waals surface area contributed by atoms with Gasteiger partial charge in [0.1, 0.15) is 0 Å². The van der Waals surface area contributed by atoms with Crippen LogP contribution in [0.25, 0.3) is 5.69 Å². The number of nitrogen functional groups attached to an aromatic ring is 1. The zero-order valence-corrected chi connectivity index (χ0v) is 11.8. The van der Waals surface area contributed by atoms with Gasteiger partial charge in [-0.3, -0.25) is 4.79 Å². The maximum atomic E-state index is 12.6. The highest BCUT2D eigenvalue weighted by Gasteiger charge is 2.40. The van der Waals surface area contributed by atoms with Gasteiger partial charge >= 0.3 is 0 Å². The number of nitrogens with two attached hydrogens (primary N) is 1. The highest BCUT2D eigenvalue weighted by Crippen LogP contribution is 2.37. The smallest absolute Gasteiger partial charge is 0.274 e. The van der Waals surface area contributed by atoms with Gasteiger partial charge in [0.25, 0.3) is 5.91 Å². The number of piperidine rings is 1. The molecule has 1 aliphatic carbocycles. The van der Waals surface area contributed by atoms with Gasteiger partial charge < -0.3 is 10.6 Å². The van der Waals surface area contributed by atoms with E-state index < -0.39 is 0 Å². The molecule has 4 rings (SSSR count). The number of amides is 1. The Morgan fingerprint density at radius 1 is 1.19 bits per heavy atom. The van der Waals surface area contributed by atoms with Gasteiger partial charge in [0.15, 0.2) is 5.69 Å². The Morgan fingerprint density at radius 3 is 2.67 bits per heavy atom. The van der Waals surface area contributed by atoms with E-state index >= 15 is 0 Å². The summed E-state index contributed by atoms with van der Waals surface area (Å²) < 4.78 is 1.72. The molecular formula is C16H18N4O. The normalized spacial score (nSPS) is 23.7. The molecule has 2 aromatic rings. The summed E-state index contributed by atoms with van der Waals surface area (Å²) in [5.74, 6) is 0.773. The van der Waals surface area contributed by atoms with E-state index in [0.717, 1.165) is 24.3 Å². The Kier molecular flexibility index (Phi) is 2.74. The van der Waals surface area contributed by atoms with Gasteiger partial charge in [-0.25, -0.2) is 4.68 Å². The minimum atomic E-state index is 0.0661. The lowest BCUT2D eigenvalue weighted by molar-refractivity contribution is 0.0697. The fourth-order valence-corrected chi connectivity index (χ4v) is 3.53. The van der Waals surface area contributed by atoms with Crippen molar-refractivity contribution in [3.63, 3.8) is 0 Å². The van der Waals surface area contributed by atoms with Crippen LogP contribution in [0.15, 0.2) is 36.5 Å². The van der Waals surface area contributed by atoms with Crippen molar-refractivity contribution in [3.05, 3.63) is 42.2 Å². The number of carbonyl (C=O) groups is 1. The Labute approximate surface area is 123 Å². The Bertz CT molecular complexity index is 676. The fourth-order valence-electron chi connectivity index (χ4n) is 3.53. The number of aromatic nitrogens is 2. The second kappa shape index (κ2) is 4.62. The van der Waals surface area contributed by atoms with E-state index in [-0.39, 0.29) is 5.91 Å². The summed E-state index contributed by atoms with van der Waals surface area (Å²) in [5, 5.41) is 4.42. The molecule has 1 aromatic carbocycles. The summed E-state index contributed by atoms with van der Waals surface area (Å²) in [6.45, 7) is 0.901. The van der Waals surface area contributed by atoms with Crippen LogP contribution in [0.4, 0.5) is 5.69 Å². The molecule has 1 aliphatic heterocycles. The molecule has 1 saturated heterocycles. The molecule has 5 heteroatoms. The molecule has 1 amide bonds. The largest absolute Gasteiger partial charge is 0.399 e. The maximum Gasteiger partial charge on any atom is 0.274 e. The van der Waals surface area contributed by atoms with E-state index in [1.54, 1.807) is 10.7 Å². The summed E-state index contributed by atoms with van der Waals surface area (Å²) in [7, 11) is 0. The van der Waals surface area contributed by atoms with Crippen molar-refractivity contribution in [1.29, 1.82) is 0 Å². The molecule has 2 atom stereocenters. The van der Waals surface area contributed by atoms with Crippen molar-refractivity contribution >= 4 is 11.6 Å². The Hall–Kier alpha value is -2.30. The van der Waals surface area contributed by atoms with Crippen LogP contribution < -0.4 is 5.73 Å². The number of anilines is 1. The molecule has 0 radical (unpaired) electrons. The van der Waals surface area contributed by atoms with Crippen LogP contribution in [0.5, 0.6) is 0 Å². The number of hydrogen-bond acceptors (Lipinski definition) is 3. The molecule has 2 heterocycles. The quantitative estimate of drug-likeness (QED) is 0.858. The van der Waals surface area contributed by atoms with Gasteiger partial charge in [-0.2, -0.15) is 5.10 Å². The van der Waals surface area contributed by atoms with Crippen LogP contribution in [0, 0.1) is 5.92 Å². The minimum Gasteiger partial charge on any atom is -0.399 e. The van der Waals surface area contributed by atoms with Crippen molar-refractivity contribution in [2.45, 2.75) is 25.3 Å². The molecule has 2 bridgehead atoms. The van der Waals surface area contributed by atoms with Gasteiger partial charge in [-0.1, -0.05) is 0 Å². The summed E-state index contributed by atoms with van der Waals surface area (Å²) in [4.78, 5) is 14.6. The summed E-state index contributed by atoms with van der Waals surface area (Å²) in [6, 6.07) is 9.69. The van der Waals surface area contributed by atoms with Gasteiger partial charge in [-0.05, 0) is 55.5 Å². The van der Waals surface area contributed by atoms with Crippen LogP contribution in [0.2, 0.25) is 0 Å². The number of benzene rings is 1. The van der Waals surface area contributed by atoms with Crippen molar-refractivity contribution in [2.75, 3.05) is 12.3 Å². The van der Waals surface area contributed by atoms with Crippen molar-refractivity contribution in [3.8, 4) is 5.69 Å². The average Bonchev–Trinajstić information content (AvgIpc) is 3.23. The van der Waals surface area contributed by atoms with Crippen molar-refractivity contribution < 1.29 is 4.79 Å². The first kappa shape index (κ1) is 12.4. The fraction of sp³-hybridized carbons (Fsp3) is 0.375. The standard InChI is InChI=1S/C16H18N4O/c17-12-2-5-13(6-3-12)20-8-7-15(18-20)16(21)19-10-11-1-4-14(19)9-11/h2-3,5-8,11,14H,1,4,9-10,17H2. The molecule has 1 saturated carbocycles. The lowest BCUT2D eigenvalue weighted by Crippen LogP contribution is -2.37. The molecule has 2 unspecified atom stereocenters. The van der Waals surface area contributed by atoms with Crippen LogP contribution in [-0.4, -0.2) is 33.2 Å². The number of carbonyl (C=O) groups excluding carboxylic acids is 1. The van der Waals surface area contributed by atoms with Gasteiger partial charge in [0, 0.05) is 24.5 Å². The lowest BCUT2D eigenvalue weighted by atomic mass is 10.1. The summed E-state index contributed by atoms with van der Waals surface area (Å²) >= 11 is 0. The molecule has 2 N–H and O–H groups in total. The number of nitrogens with zero attached hydrogens (tertiary/aromatic N) is 3. The predicted molar refractivity (Wildman–Crippen MR) is 80.1 cm³/mol. The molecule has 21 heavy (non-hydrogen) atoms. The third kappa shape index (κ3) is 2.09. The first-order valence-corrected chi connectivity index (χ1v) is 7.43. The van der Waals surface area contributed by atoms with E-state index in [4.69, 9.17) is 5.73 Å². The molecule has 1 aromatic heterocycles. The third-order valence-corrected chi connectivity index (χ3v) is 4.64. The van der Waals surface area contributed by atoms with E-state index in [1.165, 1.54) is 12.8 Å². The van der Waals surface area contributed by atoms with Crippen molar-refractivity contribution in [1.82, 2.24) is 14.7 Å². The monoisotopic (exact) mass is 282 g/mol. The van der Waals surface area contributed by atoms with Crippen LogP contribution in [-0.2, 0) is 0 Å². The topological polar surface area (TPSA) is 64.2 Å². The minimum absolute atomic E-state index is 0.0661. The number of fused-ring (bicyclic) bond motifs is 2. The number of rotatable bonds is 2. The first-order chi connectivity index (χ1) is 10.2. The highest BCUT2D eigenvalue weighted by atomic mass is 16.2. The Morgan fingerprint density at radius 2 is 2.00 bits per heavy atom. The molecule has 5 nitrogen and oxygen atoms in total. The van der Waals surface area contributed by atoms with E-state index in [9.17, 15) is 4.79 Å². The van der Waals surface area contributed by atoms with E-state index in [2.05, 4.69) is 5.10 Å². The molecule has 0 spiro atoms. The third-order valence-electron chi connectivity index (χ3n) is 4.64. The predicted octanol–water partition coefficient (Wildman–Crippen LogP) is 2.08. The SMILES string of the molecule is Nc1ccc(-n2ccc(C(=O)N3CC4CCC3C4)n2)cc1. The van der Waals surface area contributed by atoms with Gasteiger partial charge in [0.05, 0.1) is 5.69 Å². The maximum absolute atomic E-state index is 12.6. The highest BCUT2D eigenvalue weighted by molar-refractivity contribution is 5.92. The first-order valence-electron chi connectivity index (χ1n) is 7.43. The van der Waals surface area contributed by atoms with Crippen LogP contribution in [0.3, 0.4) is 0 Å². The number of hydrogen-bond donors (Lipinski definition) is 1. The second-order valence-corrected chi connectivity index (χ2v) is 6.03. The summed E-state index contributed by atoms with van der Waals surface area (Å²) in [5.41, 5.74) is 7.84. The van der Waals surface area contributed by atoms with Crippen molar-refractivity contribution in [2.24, 2.45) is 5.92 Å². The average molecular weight is 282 g/mol. The zero-order chi connectivity index (χ0) is 14.4. The van der Waals surface area contributed by atoms with E-state index in [0.29, 0.717) is 17.7 Å². The van der Waals surface area contributed by atoms with Crippen LogP contribution >= 0.6 is 0 Å². The number of likely N-dealkylation sites (tertiary alicyclic amines) is 1. The van der Waals surface area contributed by atoms with Gasteiger partial charge in [-0.15, -0.1) is 0 Å².